The van der Waals surface area contributed by atoms with E-state index in [1.165, 1.54) is 37.8 Å². The van der Waals surface area contributed by atoms with Gasteiger partial charge in [0.2, 0.25) is 5.91 Å². The summed E-state index contributed by atoms with van der Waals surface area (Å²) in [6, 6.07) is 6.45. The van der Waals surface area contributed by atoms with E-state index in [-0.39, 0.29) is 11.7 Å². The summed E-state index contributed by atoms with van der Waals surface area (Å²) in [5.41, 5.74) is 1.03. The molecule has 1 saturated carbocycles. The van der Waals surface area contributed by atoms with Gasteiger partial charge in [-0.3, -0.25) is 4.79 Å². The molecule has 1 aliphatic carbocycles. The maximum atomic E-state index is 12.9. The Labute approximate surface area is 151 Å². The summed E-state index contributed by atoms with van der Waals surface area (Å²) in [5.74, 6) is 1.83. The largest absolute Gasteiger partial charge is 0.349 e. The van der Waals surface area contributed by atoms with Crippen molar-refractivity contribution in [3.05, 3.63) is 41.5 Å². The molecule has 3 rings (SSSR count). The lowest BCUT2D eigenvalue weighted by atomic mass is 10.0. The maximum absolute atomic E-state index is 12.9. The Morgan fingerprint density at radius 1 is 1.28 bits per heavy atom. The molecule has 0 bridgehead atoms. The molecule has 134 valence electrons. The SMILES string of the molecule is Cn1c(CNC(=O)CC2CCCC2)nnc1SCc1ccc(F)cc1. The molecular weight excluding hydrogens is 339 g/mol. The molecular formula is C18H23FN4OS. The van der Waals surface area contributed by atoms with Crippen LogP contribution >= 0.6 is 11.8 Å². The first-order chi connectivity index (χ1) is 12.1. The third kappa shape index (κ3) is 5.04. The van der Waals surface area contributed by atoms with E-state index in [1.807, 2.05) is 11.6 Å². The molecule has 5 nitrogen and oxygen atoms in total. The summed E-state index contributed by atoms with van der Waals surface area (Å²) < 4.78 is 14.8. The van der Waals surface area contributed by atoms with Crippen LogP contribution in [0.15, 0.2) is 29.4 Å². The highest BCUT2D eigenvalue weighted by molar-refractivity contribution is 7.98. The molecule has 25 heavy (non-hydrogen) atoms. The van der Waals surface area contributed by atoms with Crippen molar-refractivity contribution in [3.8, 4) is 0 Å². The number of hydrogen-bond donors (Lipinski definition) is 1. The van der Waals surface area contributed by atoms with Crippen molar-refractivity contribution in [2.24, 2.45) is 13.0 Å². The van der Waals surface area contributed by atoms with Crippen LogP contribution in [0.2, 0.25) is 0 Å². The molecule has 1 N–H and O–H groups in total. The lowest BCUT2D eigenvalue weighted by molar-refractivity contribution is -0.122. The minimum atomic E-state index is -0.233. The Morgan fingerprint density at radius 2 is 2.00 bits per heavy atom. The van der Waals surface area contributed by atoms with Crippen LogP contribution in [0.1, 0.15) is 43.5 Å². The van der Waals surface area contributed by atoms with Crippen molar-refractivity contribution in [1.82, 2.24) is 20.1 Å². The molecule has 2 aromatic rings. The van der Waals surface area contributed by atoms with Gasteiger partial charge >= 0.3 is 0 Å². The first-order valence-electron chi connectivity index (χ1n) is 8.64. The summed E-state index contributed by atoms with van der Waals surface area (Å²) in [6.45, 7) is 0.395. The van der Waals surface area contributed by atoms with Gasteiger partial charge in [0.05, 0.1) is 6.54 Å². The number of nitrogens with one attached hydrogen (secondary N) is 1. The lowest BCUT2D eigenvalue weighted by Crippen LogP contribution is -2.26. The maximum Gasteiger partial charge on any atom is 0.220 e. The molecule has 0 atom stereocenters. The fourth-order valence-corrected chi connectivity index (χ4v) is 3.97. The molecule has 1 fully saturated rings. The Balaban J connectivity index is 1.48. The number of hydrogen-bond acceptors (Lipinski definition) is 4. The van der Waals surface area contributed by atoms with Gasteiger partial charge in [0.1, 0.15) is 5.82 Å². The Bertz CT molecular complexity index is 710. The van der Waals surface area contributed by atoms with Gasteiger partial charge in [-0.1, -0.05) is 36.7 Å². The van der Waals surface area contributed by atoms with Crippen LogP contribution in [0.3, 0.4) is 0 Å². The second kappa shape index (κ2) is 8.47. The van der Waals surface area contributed by atoms with E-state index < -0.39 is 0 Å². The van der Waals surface area contributed by atoms with Crippen molar-refractivity contribution < 1.29 is 9.18 Å². The highest BCUT2D eigenvalue weighted by Crippen LogP contribution is 2.27. The molecule has 0 aliphatic heterocycles. The van der Waals surface area contributed by atoms with Gasteiger partial charge in [-0.2, -0.15) is 0 Å². The number of amides is 1. The fourth-order valence-electron chi connectivity index (χ4n) is 3.08. The van der Waals surface area contributed by atoms with E-state index in [0.29, 0.717) is 24.6 Å². The molecule has 1 aliphatic rings. The van der Waals surface area contributed by atoms with Crippen LogP contribution < -0.4 is 5.32 Å². The number of rotatable bonds is 7. The van der Waals surface area contributed by atoms with E-state index >= 15 is 0 Å². The number of carbonyl (C=O) groups excluding carboxylic acids is 1. The van der Waals surface area contributed by atoms with Gasteiger partial charge in [-0.15, -0.1) is 10.2 Å². The number of halogens is 1. The third-order valence-corrected chi connectivity index (χ3v) is 5.69. The van der Waals surface area contributed by atoms with E-state index in [0.717, 1.165) is 16.5 Å². The molecule has 0 radical (unpaired) electrons. The Hall–Kier alpha value is -1.89. The monoisotopic (exact) mass is 362 g/mol. The number of nitrogens with zero attached hydrogens (tertiary/aromatic N) is 3. The zero-order valence-corrected chi connectivity index (χ0v) is 15.2. The molecule has 1 heterocycles. The van der Waals surface area contributed by atoms with Gasteiger partial charge in [-0.05, 0) is 36.5 Å². The van der Waals surface area contributed by atoms with Gasteiger partial charge in [0.15, 0.2) is 11.0 Å². The molecule has 7 heteroatoms. The van der Waals surface area contributed by atoms with Crippen molar-refractivity contribution in [2.45, 2.75) is 49.6 Å². The zero-order chi connectivity index (χ0) is 17.6. The quantitative estimate of drug-likeness (QED) is 0.767. The molecule has 1 amide bonds. The minimum Gasteiger partial charge on any atom is -0.349 e. The summed E-state index contributed by atoms with van der Waals surface area (Å²) in [6.07, 6.45) is 5.44. The van der Waals surface area contributed by atoms with Crippen molar-refractivity contribution in [1.29, 1.82) is 0 Å². The summed E-state index contributed by atoms with van der Waals surface area (Å²) >= 11 is 1.54. The highest BCUT2D eigenvalue weighted by atomic mass is 32.2. The fraction of sp³-hybridized carbons (Fsp3) is 0.500. The summed E-state index contributed by atoms with van der Waals surface area (Å²) in [5, 5.41) is 12.1. The second-order valence-electron chi connectivity index (χ2n) is 6.50. The topological polar surface area (TPSA) is 59.8 Å². The normalized spacial score (nSPS) is 14.8. The average molecular weight is 362 g/mol. The van der Waals surface area contributed by atoms with Crippen LogP contribution in [0.5, 0.6) is 0 Å². The predicted octanol–water partition coefficient (Wildman–Crippen LogP) is 3.44. The molecule has 1 aromatic carbocycles. The van der Waals surface area contributed by atoms with E-state index in [1.54, 1.807) is 23.9 Å². The third-order valence-electron chi connectivity index (χ3n) is 4.60. The number of benzene rings is 1. The number of thioether (sulfide) groups is 1. The zero-order valence-electron chi connectivity index (χ0n) is 14.4. The first kappa shape index (κ1) is 17.9. The summed E-state index contributed by atoms with van der Waals surface area (Å²) in [4.78, 5) is 12.0. The minimum absolute atomic E-state index is 0.0930. The van der Waals surface area contributed by atoms with Crippen LogP contribution in [-0.4, -0.2) is 20.7 Å². The van der Waals surface area contributed by atoms with Crippen molar-refractivity contribution in [2.75, 3.05) is 0 Å². The number of carbonyl (C=O) groups is 1. The van der Waals surface area contributed by atoms with Gasteiger partial charge < -0.3 is 9.88 Å². The van der Waals surface area contributed by atoms with E-state index in [2.05, 4.69) is 15.5 Å². The average Bonchev–Trinajstić information content (AvgIpc) is 3.23. The van der Waals surface area contributed by atoms with Gasteiger partial charge in [0, 0.05) is 19.2 Å². The van der Waals surface area contributed by atoms with Crippen molar-refractivity contribution in [3.63, 3.8) is 0 Å². The smallest absolute Gasteiger partial charge is 0.220 e. The highest BCUT2D eigenvalue weighted by Gasteiger charge is 2.18. The standard InChI is InChI=1S/C18H23FN4OS/c1-23-16(11-20-17(24)10-13-4-2-3-5-13)21-22-18(23)25-12-14-6-8-15(19)9-7-14/h6-9,13H,2-5,10-12H2,1H3,(H,20,24). The van der Waals surface area contributed by atoms with Gasteiger partial charge in [0.25, 0.3) is 0 Å². The van der Waals surface area contributed by atoms with Crippen molar-refractivity contribution >= 4 is 17.7 Å². The molecule has 0 spiro atoms. The van der Waals surface area contributed by atoms with Crippen LogP contribution in [0.4, 0.5) is 4.39 Å². The summed E-state index contributed by atoms with van der Waals surface area (Å²) in [7, 11) is 1.89. The lowest BCUT2D eigenvalue weighted by Gasteiger charge is -2.09. The Morgan fingerprint density at radius 3 is 2.72 bits per heavy atom. The van der Waals surface area contributed by atoms with Crippen LogP contribution in [0, 0.1) is 11.7 Å². The molecule has 0 saturated heterocycles. The molecule has 1 aromatic heterocycles. The van der Waals surface area contributed by atoms with Crippen LogP contribution in [0.25, 0.3) is 0 Å². The second-order valence-corrected chi connectivity index (χ2v) is 7.45. The molecule has 0 unspecified atom stereocenters. The predicted molar refractivity (Wildman–Crippen MR) is 95.4 cm³/mol. The van der Waals surface area contributed by atoms with Crippen LogP contribution in [-0.2, 0) is 24.1 Å². The first-order valence-corrected chi connectivity index (χ1v) is 9.62. The van der Waals surface area contributed by atoms with Gasteiger partial charge in [-0.25, -0.2) is 4.39 Å². The van der Waals surface area contributed by atoms with E-state index in [4.69, 9.17) is 0 Å². The number of aromatic nitrogens is 3. The Kier molecular flexibility index (Phi) is 6.07. The van der Waals surface area contributed by atoms with E-state index in [9.17, 15) is 9.18 Å².